The van der Waals surface area contributed by atoms with Gasteiger partial charge < -0.3 is 15.7 Å². The van der Waals surface area contributed by atoms with E-state index in [2.05, 4.69) is 15.7 Å². The van der Waals surface area contributed by atoms with Gasteiger partial charge in [0.05, 0.1) is 23.2 Å². The van der Waals surface area contributed by atoms with Crippen LogP contribution < -0.4 is 10.6 Å². The second-order valence-electron chi connectivity index (χ2n) is 7.07. The third-order valence-corrected chi connectivity index (χ3v) is 3.85. The molecule has 2 aromatic rings. The van der Waals surface area contributed by atoms with Crippen LogP contribution in [0.2, 0.25) is 0 Å². The van der Waals surface area contributed by atoms with Crippen LogP contribution in [0.25, 0.3) is 5.69 Å². The largest absolute Gasteiger partial charge is 0.391 e. The highest BCUT2D eigenvalue weighted by molar-refractivity contribution is 5.91. The number of aryl methyl sites for hydroxylation is 2. The highest BCUT2D eigenvalue weighted by atomic mass is 16.3. The molecule has 1 atom stereocenters. The first-order valence-corrected chi connectivity index (χ1v) is 8.04. The summed E-state index contributed by atoms with van der Waals surface area (Å²) in [4.78, 5) is 12.2. The number of hydrogen-bond acceptors (Lipinski definition) is 3. The molecule has 0 saturated heterocycles. The number of anilines is 1. The number of carbonyl (C=O) groups is 1. The molecule has 3 N–H and O–H groups in total. The Hall–Kier alpha value is -2.34. The molecule has 0 radical (unpaired) electrons. The number of benzene rings is 1. The van der Waals surface area contributed by atoms with Crippen LogP contribution in [-0.2, 0) is 0 Å². The van der Waals surface area contributed by atoms with Crippen molar-refractivity contribution in [1.29, 1.82) is 0 Å². The number of aromatic nitrogens is 2. The lowest BCUT2D eigenvalue weighted by atomic mass is 9.89. The number of rotatable bonds is 4. The van der Waals surface area contributed by atoms with Gasteiger partial charge in [-0.25, -0.2) is 9.48 Å². The predicted octanol–water partition coefficient (Wildman–Crippen LogP) is 3.02. The van der Waals surface area contributed by atoms with Crippen molar-refractivity contribution in [2.75, 3.05) is 11.9 Å². The van der Waals surface area contributed by atoms with Gasteiger partial charge in [-0.2, -0.15) is 5.10 Å². The standard InChI is InChI=1S/C18H26N4O2/c1-12-10-13(2)22(21-12)15-9-7-6-8-14(15)20-17(24)19-11-16(23)18(3,4)5/h6-10,16,23H,11H2,1-5H3,(H2,19,20,24). The number of aliphatic hydroxyl groups is 1. The van der Waals surface area contributed by atoms with Crippen molar-refractivity contribution in [2.45, 2.75) is 40.7 Å². The molecule has 130 valence electrons. The molecule has 0 bridgehead atoms. The molecule has 1 heterocycles. The van der Waals surface area contributed by atoms with Gasteiger partial charge in [0.15, 0.2) is 0 Å². The first-order valence-electron chi connectivity index (χ1n) is 8.04. The predicted molar refractivity (Wildman–Crippen MR) is 95.5 cm³/mol. The monoisotopic (exact) mass is 330 g/mol. The number of hydrogen-bond donors (Lipinski definition) is 3. The van der Waals surface area contributed by atoms with Crippen molar-refractivity contribution < 1.29 is 9.90 Å². The van der Waals surface area contributed by atoms with Crippen molar-refractivity contribution in [3.63, 3.8) is 0 Å². The molecule has 6 nitrogen and oxygen atoms in total. The lowest BCUT2D eigenvalue weighted by Crippen LogP contribution is -2.41. The van der Waals surface area contributed by atoms with E-state index in [9.17, 15) is 9.90 Å². The molecule has 2 amide bonds. The number of para-hydroxylation sites is 2. The van der Waals surface area contributed by atoms with E-state index in [0.29, 0.717) is 5.69 Å². The maximum Gasteiger partial charge on any atom is 0.319 e. The first kappa shape index (κ1) is 18.0. The van der Waals surface area contributed by atoms with E-state index < -0.39 is 6.10 Å². The van der Waals surface area contributed by atoms with E-state index in [-0.39, 0.29) is 18.0 Å². The van der Waals surface area contributed by atoms with Crippen molar-refractivity contribution in [1.82, 2.24) is 15.1 Å². The van der Waals surface area contributed by atoms with E-state index in [1.54, 1.807) is 4.68 Å². The molecule has 1 aromatic carbocycles. The summed E-state index contributed by atoms with van der Waals surface area (Å²) in [6, 6.07) is 9.11. The molecule has 2 rings (SSSR count). The van der Waals surface area contributed by atoms with Gasteiger partial charge in [0, 0.05) is 12.2 Å². The minimum Gasteiger partial charge on any atom is -0.391 e. The molecular weight excluding hydrogens is 304 g/mol. The minimum absolute atomic E-state index is 0.192. The molecule has 6 heteroatoms. The summed E-state index contributed by atoms with van der Waals surface area (Å²) in [5.74, 6) is 0. The molecular formula is C18H26N4O2. The van der Waals surface area contributed by atoms with Gasteiger partial charge in [-0.05, 0) is 37.5 Å². The first-order chi connectivity index (χ1) is 11.2. The third-order valence-electron chi connectivity index (χ3n) is 3.85. The Labute approximate surface area is 142 Å². The van der Waals surface area contributed by atoms with Gasteiger partial charge >= 0.3 is 6.03 Å². The molecule has 0 aliphatic rings. The van der Waals surface area contributed by atoms with Gasteiger partial charge in [0.1, 0.15) is 0 Å². The molecule has 0 aliphatic heterocycles. The lowest BCUT2D eigenvalue weighted by Gasteiger charge is -2.26. The molecule has 0 aliphatic carbocycles. The van der Waals surface area contributed by atoms with Crippen LogP contribution in [-0.4, -0.2) is 33.6 Å². The van der Waals surface area contributed by atoms with Crippen molar-refractivity contribution in [2.24, 2.45) is 5.41 Å². The average Bonchev–Trinajstić information content (AvgIpc) is 2.83. The number of amides is 2. The fourth-order valence-electron chi connectivity index (χ4n) is 2.30. The summed E-state index contributed by atoms with van der Waals surface area (Å²) in [6.45, 7) is 9.87. The molecule has 24 heavy (non-hydrogen) atoms. The Balaban J connectivity index is 2.11. The summed E-state index contributed by atoms with van der Waals surface area (Å²) in [5, 5.41) is 20.0. The number of aliphatic hydroxyl groups excluding tert-OH is 1. The van der Waals surface area contributed by atoms with E-state index >= 15 is 0 Å². The highest BCUT2D eigenvalue weighted by Gasteiger charge is 2.22. The zero-order valence-corrected chi connectivity index (χ0v) is 14.9. The maximum atomic E-state index is 12.2. The fourth-order valence-corrected chi connectivity index (χ4v) is 2.30. The molecule has 0 saturated carbocycles. The van der Waals surface area contributed by atoms with Gasteiger partial charge in [-0.3, -0.25) is 0 Å². The Morgan fingerprint density at radius 2 is 1.96 bits per heavy atom. The van der Waals surface area contributed by atoms with E-state index in [0.717, 1.165) is 17.1 Å². The smallest absolute Gasteiger partial charge is 0.319 e. The number of urea groups is 1. The van der Waals surface area contributed by atoms with E-state index in [1.165, 1.54) is 0 Å². The normalized spacial score (nSPS) is 12.8. The number of carbonyl (C=O) groups excluding carboxylic acids is 1. The fraction of sp³-hybridized carbons (Fsp3) is 0.444. The molecule has 0 spiro atoms. The van der Waals surface area contributed by atoms with E-state index in [4.69, 9.17) is 0 Å². The topological polar surface area (TPSA) is 79.2 Å². The zero-order valence-electron chi connectivity index (χ0n) is 14.9. The van der Waals surface area contributed by atoms with Gasteiger partial charge in [-0.1, -0.05) is 32.9 Å². The molecule has 1 unspecified atom stereocenters. The number of nitrogens with zero attached hydrogens (tertiary/aromatic N) is 2. The third kappa shape index (κ3) is 4.35. The molecule has 0 fully saturated rings. The second-order valence-corrected chi connectivity index (χ2v) is 7.07. The van der Waals surface area contributed by atoms with Crippen LogP contribution in [0.4, 0.5) is 10.5 Å². The van der Waals surface area contributed by atoms with Crippen LogP contribution in [0.15, 0.2) is 30.3 Å². The summed E-state index contributed by atoms with van der Waals surface area (Å²) in [5.41, 5.74) is 3.08. The average molecular weight is 330 g/mol. The van der Waals surface area contributed by atoms with Gasteiger partial charge in [-0.15, -0.1) is 0 Å². The van der Waals surface area contributed by atoms with Crippen molar-refractivity contribution in [3.8, 4) is 5.69 Å². The van der Waals surface area contributed by atoms with Gasteiger partial charge in [0.25, 0.3) is 0 Å². The van der Waals surface area contributed by atoms with Crippen LogP contribution in [0.5, 0.6) is 0 Å². The second kappa shape index (κ2) is 7.05. The highest BCUT2D eigenvalue weighted by Crippen LogP contribution is 2.22. The zero-order chi connectivity index (χ0) is 17.9. The quantitative estimate of drug-likeness (QED) is 0.806. The Bertz CT molecular complexity index is 716. The summed E-state index contributed by atoms with van der Waals surface area (Å²) >= 11 is 0. The summed E-state index contributed by atoms with van der Waals surface area (Å²) in [6.07, 6.45) is -0.616. The lowest BCUT2D eigenvalue weighted by molar-refractivity contribution is 0.0654. The number of nitrogens with one attached hydrogen (secondary N) is 2. The van der Waals surface area contributed by atoms with Crippen LogP contribution in [0, 0.1) is 19.3 Å². The van der Waals surface area contributed by atoms with Gasteiger partial charge in [0.2, 0.25) is 0 Å². The SMILES string of the molecule is Cc1cc(C)n(-c2ccccc2NC(=O)NCC(O)C(C)(C)C)n1. The van der Waals surface area contributed by atoms with Crippen LogP contribution >= 0.6 is 0 Å². The summed E-state index contributed by atoms with van der Waals surface area (Å²) in [7, 11) is 0. The van der Waals surface area contributed by atoms with Crippen molar-refractivity contribution >= 4 is 11.7 Å². The Morgan fingerprint density at radius 3 is 2.54 bits per heavy atom. The Kier molecular flexibility index (Phi) is 5.29. The van der Waals surface area contributed by atoms with E-state index in [1.807, 2.05) is 65.0 Å². The van der Waals surface area contributed by atoms with Crippen LogP contribution in [0.1, 0.15) is 32.2 Å². The molecule has 1 aromatic heterocycles. The maximum absolute atomic E-state index is 12.2. The van der Waals surface area contributed by atoms with Crippen molar-refractivity contribution in [3.05, 3.63) is 41.7 Å². The Morgan fingerprint density at radius 1 is 1.29 bits per heavy atom. The summed E-state index contributed by atoms with van der Waals surface area (Å²) < 4.78 is 1.80. The minimum atomic E-state index is -0.616. The van der Waals surface area contributed by atoms with Crippen LogP contribution in [0.3, 0.4) is 0 Å².